The van der Waals surface area contributed by atoms with Crippen LogP contribution < -0.4 is 0 Å². The number of nitrogens with zero attached hydrogens (tertiary/aromatic N) is 3. The molecule has 1 aromatic heterocycles. The van der Waals surface area contributed by atoms with Gasteiger partial charge < -0.3 is 5.11 Å². The molecule has 0 spiro atoms. The predicted octanol–water partition coefficient (Wildman–Crippen LogP) is 3.20. The van der Waals surface area contributed by atoms with E-state index in [4.69, 9.17) is 5.11 Å². The van der Waals surface area contributed by atoms with Gasteiger partial charge >= 0.3 is 0 Å². The number of pyridine rings is 1. The van der Waals surface area contributed by atoms with E-state index in [0.717, 1.165) is 0 Å². The van der Waals surface area contributed by atoms with Crippen molar-refractivity contribution in [2.24, 2.45) is 10.2 Å². The summed E-state index contributed by atoms with van der Waals surface area (Å²) in [7, 11) is 0. The zero-order valence-electron chi connectivity index (χ0n) is 7.91. The number of aromatic nitrogens is 1. The van der Waals surface area contributed by atoms with Crippen LogP contribution in [0.4, 0.5) is 11.4 Å². The Labute approximate surface area is 86.9 Å². The lowest BCUT2D eigenvalue weighted by Gasteiger charge is -1.93. The summed E-state index contributed by atoms with van der Waals surface area (Å²) in [5.74, 6) is 0.218. The van der Waals surface area contributed by atoms with Gasteiger partial charge in [-0.3, -0.25) is 4.98 Å². The highest BCUT2D eigenvalue weighted by Gasteiger charge is 1.90. The van der Waals surface area contributed by atoms with Gasteiger partial charge in [0.25, 0.3) is 0 Å². The summed E-state index contributed by atoms with van der Waals surface area (Å²) in [6.07, 6.45) is 3.31. The summed E-state index contributed by atoms with van der Waals surface area (Å²) < 4.78 is 0. The number of hydrogen-bond donors (Lipinski definition) is 1. The van der Waals surface area contributed by atoms with Crippen LogP contribution in [0.3, 0.4) is 0 Å². The van der Waals surface area contributed by atoms with Crippen molar-refractivity contribution in [2.45, 2.75) is 0 Å². The van der Waals surface area contributed by atoms with E-state index in [1.54, 1.807) is 42.7 Å². The van der Waals surface area contributed by atoms with Gasteiger partial charge in [0, 0.05) is 6.20 Å². The van der Waals surface area contributed by atoms with E-state index in [9.17, 15) is 0 Å². The second-order valence-electron chi connectivity index (χ2n) is 2.93. The van der Waals surface area contributed by atoms with Gasteiger partial charge in [-0.05, 0) is 36.4 Å². The molecule has 0 aliphatic carbocycles. The summed E-state index contributed by atoms with van der Waals surface area (Å²) >= 11 is 0. The van der Waals surface area contributed by atoms with Gasteiger partial charge in [0.2, 0.25) is 0 Å². The maximum Gasteiger partial charge on any atom is 0.115 e. The molecule has 0 bridgehead atoms. The summed E-state index contributed by atoms with van der Waals surface area (Å²) in [4.78, 5) is 3.92. The molecule has 0 saturated carbocycles. The molecule has 2 aromatic rings. The van der Waals surface area contributed by atoms with E-state index in [1.165, 1.54) is 0 Å². The van der Waals surface area contributed by atoms with Crippen LogP contribution in [0.25, 0.3) is 0 Å². The summed E-state index contributed by atoms with van der Waals surface area (Å²) in [5.41, 5.74) is 1.39. The van der Waals surface area contributed by atoms with Crippen LogP contribution in [-0.4, -0.2) is 10.1 Å². The Hall–Kier alpha value is -2.23. The molecule has 1 aromatic carbocycles. The summed E-state index contributed by atoms with van der Waals surface area (Å²) in [6.45, 7) is 0. The molecule has 1 N–H and O–H groups in total. The Morgan fingerprint density at radius 1 is 0.933 bits per heavy atom. The number of phenols is 1. The molecule has 15 heavy (non-hydrogen) atoms. The minimum Gasteiger partial charge on any atom is -0.508 e. The second kappa shape index (κ2) is 4.32. The Balaban J connectivity index is 2.15. The molecule has 1 heterocycles. The molecule has 0 radical (unpaired) electrons. The highest BCUT2D eigenvalue weighted by atomic mass is 16.3. The molecular formula is C11H9N3O. The molecule has 0 aliphatic rings. The smallest absolute Gasteiger partial charge is 0.115 e. The molecule has 0 aliphatic heterocycles. The third-order valence-electron chi connectivity index (χ3n) is 1.78. The summed E-state index contributed by atoms with van der Waals surface area (Å²) in [6, 6.07) is 10.1. The SMILES string of the molecule is Oc1ccc(N=Nc2cccnc2)cc1. The first-order valence-electron chi connectivity index (χ1n) is 4.45. The zero-order valence-corrected chi connectivity index (χ0v) is 7.91. The predicted molar refractivity (Wildman–Crippen MR) is 56.5 cm³/mol. The average molecular weight is 199 g/mol. The quantitative estimate of drug-likeness (QED) is 0.755. The minimum atomic E-state index is 0.218. The van der Waals surface area contributed by atoms with Crippen LogP contribution in [0, 0.1) is 0 Å². The number of rotatable bonds is 2. The van der Waals surface area contributed by atoms with Crippen molar-refractivity contribution in [1.82, 2.24) is 4.98 Å². The largest absolute Gasteiger partial charge is 0.508 e. The lowest BCUT2D eigenvalue weighted by molar-refractivity contribution is 0.475. The Morgan fingerprint density at radius 3 is 2.33 bits per heavy atom. The maximum absolute atomic E-state index is 9.06. The van der Waals surface area contributed by atoms with E-state index >= 15 is 0 Å². The minimum absolute atomic E-state index is 0.218. The molecule has 0 atom stereocenters. The third-order valence-corrected chi connectivity index (χ3v) is 1.78. The number of phenolic OH excluding ortho intramolecular Hbond substituents is 1. The van der Waals surface area contributed by atoms with Crippen LogP contribution in [0.1, 0.15) is 0 Å². The Morgan fingerprint density at radius 2 is 1.67 bits per heavy atom. The molecule has 74 valence electrons. The molecule has 4 heteroatoms. The Bertz CT molecular complexity index is 451. The van der Waals surface area contributed by atoms with Gasteiger partial charge in [-0.15, -0.1) is 5.11 Å². The number of aromatic hydroxyl groups is 1. The molecule has 4 nitrogen and oxygen atoms in total. The van der Waals surface area contributed by atoms with Crippen molar-refractivity contribution in [3.8, 4) is 5.75 Å². The lowest BCUT2D eigenvalue weighted by atomic mass is 10.3. The van der Waals surface area contributed by atoms with Gasteiger partial charge in [-0.2, -0.15) is 5.11 Å². The van der Waals surface area contributed by atoms with E-state index < -0.39 is 0 Å². The molecular weight excluding hydrogens is 190 g/mol. The van der Waals surface area contributed by atoms with Gasteiger partial charge in [-0.1, -0.05) is 0 Å². The van der Waals surface area contributed by atoms with Crippen LogP contribution in [0.5, 0.6) is 5.75 Å². The van der Waals surface area contributed by atoms with Crippen molar-refractivity contribution < 1.29 is 5.11 Å². The van der Waals surface area contributed by atoms with Gasteiger partial charge in [-0.25, -0.2) is 0 Å². The molecule has 0 fully saturated rings. The first-order chi connectivity index (χ1) is 7.34. The number of azo groups is 1. The highest BCUT2D eigenvalue weighted by Crippen LogP contribution is 2.19. The van der Waals surface area contributed by atoms with E-state index in [-0.39, 0.29) is 5.75 Å². The topological polar surface area (TPSA) is 57.8 Å². The monoisotopic (exact) mass is 199 g/mol. The third kappa shape index (κ3) is 2.60. The van der Waals surface area contributed by atoms with E-state index in [0.29, 0.717) is 11.4 Å². The zero-order chi connectivity index (χ0) is 10.5. The van der Waals surface area contributed by atoms with Crippen LogP contribution >= 0.6 is 0 Å². The normalized spacial score (nSPS) is 10.7. The Kier molecular flexibility index (Phi) is 2.69. The number of benzene rings is 1. The maximum atomic E-state index is 9.06. The van der Waals surface area contributed by atoms with Crippen LogP contribution in [-0.2, 0) is 0 Å². The van der Waals surface area contributed by atoms with Crippen molar-refractivity contribution in [1.29, 1.82) is 0 Å². The fraction of sp³-hybridized carbons (Fsp3) is 0. The fourth-order valence-corrected chi connectivity index (χ4v) is 1.05. The fourth-order valence-electron chi connectivity index (χ4n) is 1.05. The van der Waals surface area contributed by atoms with Gasteiger partial charge in [0.05, 0.1) is 11.9 Å². The van der Waals surface area contributed by atoms with Gasteiger partial charge in [0.15, 0.2) is 0 Å². The highest BCUT2D eigenvalue weighted by molar-refractivity contribution is 5.41. The van der Waals surface area contributed by atoms with Crippen molar-refractivity contribution in [3.63, 3.8) is 0 Å². The van der Waals surface area contributed by atoms with Crippen LogP contribution in [0.15, 0.2) is 59.0 Å². The first-order valence-corrected chi connectivity index (χ1v) is 4.45. The average Bonchev–Trinajstić information content (AvgIpc) is 2.30. The first kappa shape index (κ1) is 9.33. The molecule has 0 saturated heterocycles. The van der Waals surface area contributed by atoms with E-state index in [1.807, 2.05) is 6.07 Å². The van der Waals surface area contributed by atoms with E-state index in [2.05, 4.69) is 15.2 Å². The van der Waals surface area contributed by atoms with Crippen LogP contribution in [0.2, 0.25) is 0 Å². The summed E-state index contributed by atoms with van der Waals surface area (Å²) in [5, 5.41) is 17.0. The second-order valence-corrected chi connectivity index (χ2v) is 2.93. The number of hydrogen-bond acceptors (Lipinski definition) is 4. The van der Waals surface area contributed by atoms with Crippen molar-refractivity contribution >= 4 is 11.4 Å². The molecule has 2 rings (SSSR count). The lowest BCUT2D eigenvalue weighted by Crippen LogP contribution is -1.67. The molecule has 0 amide bonds. The standard InChI is InChI=1S/C11H9N3O/c15-11-5-3-9(4-6-11)13-14-10-2-1-7-12-8-10/h1-8,15H. The van der Waals surface area contributed by atoms with Crippen molar-refractivity contribution in [3.05, 3.63) is 48.8 Å². The van der Waals surface area contributed by atoms with Crippen molar-refractivity contribution in [2.75, 3.05) is 0 Å². The van der Waals surface area contributed by atoms with Gasteiger partial charge in [0.1, 0.15) is 11.4 Å². The molecule has 0 unspecified atom stereocenters.